The van der Waals surface area contributed by atoms with Crippen molar-refractivity contribution in [1.29, 1.82) is 0 Å². The molecule has 22 heteroatoms. The van der Waals surface area contributed by atoms with Crippen LogP contribution in [-0.4, -0.2) is 252 Å². The highest BCUT2D eigenvalue weighted by Crippen LogP contribution is 2.26. The van der Waals surface area contributed by atoms with Crippen molar-refractivity contribution in [3.63, 3.8) is 0 Å². The van der Waals surface area contributed by atoms with E-state index in [1.54, 1.807) is 0 Å². The predicted octanol–water partition coefficient (Wildman–Crippen LogP) is 5.76. The molecule has 0 saturated carbocycles. The Kier molecular flexibility index (Phi) is 52.3. The first kappa shape index (κ1) is 67.8. The molecule has 0 amide bonds. The van der Waals surface area contributed by atoms with Gasteiger partial charge in [-0.25, -0.2) is 0 Å². The second kappa shape index (κ2) is 51.7. The van der Waals surface area contributed by atoms with E-state index in [9.17, 15) is 0 Å². The Bertz CT molecular complexity index is 989. The summed E-state index contributed by atoms with van der Waals surface area (Å²) in [5.74, 6) is 2.20. The highest BCUT2D eigenvalue weighted by Gasteiger charge is 2.32. The fourth-order valence-corrected chi connectivity index (χ4v) is 6.15. The standard InChI is InChI=1S/C45H87Cl5O17/c1-44(2,40-62-28-26-57-21-16-52-11-6-47)43(66-34-31-60-24-19-55-14-9-50)39-63-36-41(64-32-29-58-22-17-53-12-7-48)35-45(3,4)67-38-42(65-33-30-59-23-18-54-13-8-49)37-61-27-25-56-20-15-51-10-5-46/h41-43H,5-40H2,1-4H3. The van der Waals surface area contributed by atoms with Crippen molar-refractivity contribution in [2.75, 3.05) is 228 Å². The van der Waals surface area contributed by atoms with E-state index in [4.69, 9.17) is 139 Å². The summed E-state index contributed by atoms with van der Waals surface area (Å²) in [6.07, 6.45) is -0.578. The van der Waals surface area contributed by atoms with Gasteiger partial charge in [0.25, 0.3) is 0 Å². The van der Waals surface area contributed by atoms with Crippen LogP contribution in [0.4, 0.5) is 0 Å². The molecule has 0 radical (unpaired) electrons. The lowest BCUT2D eigenvalue weighted by Gasteiger charge is -2.35. The lowest BCUT2D eigenvalue weighted by Crippen LogP contribution is -2.42. The minimum absolute atomic E-state index is 0.260. The quantitative estimate of drug-likeness (QED) is 0.0535. The number of halogens is 5. The smallest absolute Gasteiger partial charge is 0.104 e. The maximum Gasteiger partial charge on any atom is 0.104 e. The van der Waals surface area contributed by atoms with E-state index in [0.717, 1.165) is 0 Å². The van der Waals surface area contributed by atoms with Crippen molar-refractivity contribution in [2.45, 2.75) is 58.0 Å². The topological polar surface area (TPSA) is 157 Å². The molecule has 0 fully saturated rings. The lowest BCUT2D eigenvalue weighted by atomic mass is 9.87. The number of alkyl halides is 5. The summed E-state index contributed by atoms with van der Waals surface area (Å²) in [6.45, 7) is 20.5. The minimum atomic E-state index is -0.652. The van der Waals surface area contributed by atoms with Gasteiger partial charge >= 0.3 is 0 Å². The van der Waals surface area contributed by atoms with E-state index >= 15 is 0 Å². The second-order valence-corrected chi connectivity index (χ2v) is 17.7. The average Bonchev–Trinajstić information content (AvgIpc) is 3.31. The molecule has 0 aliphatic rings. The van der Waals surface area contributed by atoms with Crippen LogP contribution >= 0.6 is 58.0 Å². The van der Waals surface area contributed by atoms with E-state index in [1.807, 2.05) is 13.8 Å². The van der Waals surface area contributed by atoms with Gasteiger partial charge in [-0.2, -0.15) is 0 Å². The third-order valence-corrected chi connectivity index (χ3v) is 9.79. The Labute approximate surface area is 427 Å². The van der Waals surface area contributed by atoms with Crippen LogP contribution in [0, 0.1) is 5.41 Å². The van der Waals surface area contributed by atoms with E-state index in [0.29, 0.717) is 214 Å². The highest BCUT2D eigenvalue weighted by atomic mass is 35.5. The zero-order chi connectivity index (χ0) is 49.2. The van der Waals surface area contributed by atoms with Gasteiger partial charge in [0, 0.05) is 41.2 Å². The number of rotatable bonds is 57. The summed E-state index contributed by atoms with van der Waals surface area (Å²) in [6, 6.07) is 0. The van der Waals surface area contributed by atoms with Crippen LogP contribution in [0.15, 0.2) is 0 Å². The van der Waals surface area contributed by atoms with Crippen LogP contribution < -0.4 is 0 Å². The molecule has 0 aromatic carbocycles. The molecular weight excluding hydrogens is 990 g/mol. The first-order chi connectivity index (χ1) is 32.7. The zero-order valence-electron chi connectivity index (χ0n) is 41.0. The van der Waals surface area contributed by atoms with Gasteiger partial charge in [0.1, 0.15) is 6.10 Å². The molecule has 0 rings (SSSR count). The molecular formula is C45H87Cl5O17. The molecule has 0 spiro atoms. The molecule has 0 aromatic rings. The fraction of sp³-hybridized carbons (Fsp3) is 1.00. The molecule has 0 saturated heterocycles. The van der Waals surface area contributed by atoms with Gasteiger partial charge in [-0.3, -0.25) is 0 Å². The molecule has 0 heterocycles. The Morgan fingerprint density at radius 2 is 0.612 bits per heavy atom. The molecule has 0 N–H and O–H groups in total. The maximum atomic E-state index is 6.52. The first-order valence-electron chi connectivity index (χ1n) is 23.4. The Balaban J connectivity index is 5.60. The molecule has 0 aliphatic carbocycles. The van der Waals surface area contributed by atoms with Crippen molar-refractivity contribution >= 4 is 58.0 Å². The summed E-state index contributed by atoms with van der Waals surface area (Å²) in [5, 5.41) is 0. The lowest BCUT2D eigenvalue weighted by molar-refractivity contribution is -0.143. The van der Waals surface area contributed by atoms with Crippen molar-refractivity contribution in [1.82, 2.24) is 0 Å². The summed E-state index contributed by atoms with van der Waals surface area (Å²) in [7, 11) is 0. The van der Waals surface area contributed by atoms with Crippen molar-refractivity contribution < 1.29 is 80.5 Å². The minimum Gasteiger partial charge on any atom is -0.378 e. The first-order valence-corrected chi connectivity index (χ1v) is 26.1. The molecule has 404 valence electrons. The van der Waals surface area contributed by atoms with Crippen molar-refractivity contribution in [3.05, 3.63) is 0 Å². The Hall–Kier alpha value is 0.770. The van der Waals surface area contributed by atoms with E-state index in [2.05, 4.69) is 13.8 Å². The van der Waals surface area contributed by atoms with Crippen LogP contribution in [0.5, 0.6) is 0 Å². The van der Waals surface area contributed by atoms with Gasteiger partial charge in [0.05, 0.1) is 216 Å². The molecule has 3 atom stereocenters. The molecule has 17 nitrogen and oxygen atoms in total. The van der Waals surface area contributed by atoms with Crippen molar-refractivity contribution in [2.24, 2.45) is 5.41 Å². The summed E-state index contributed by atoms with van der Waals surface area (Å²) in [4.78, 5) is 0. The van der Waals surface area contributed by atoms with Crippen molar-refractivity contribution in [3.8, 4) is 0 Å². The third kappa shape index (κ3) is 47.5. The molecule has 0 bridgehead atoms. The molecule has 3 unspecified atom stereocenters. The monoisotopic (exact) mass is 1070 g/mol. The zero-order valence-corrected chi connectivity index (χ0v) is 44.8. The molecule has 67 heavy (non-hydrogen) atoms. The second-order valence-electron chi connectivity index (χ2n) is 15.8. The normalized spacial score (nSPS) is 13.7. The van der Waals surface area contributed by atoms with Crippen LogP contribution in [0.3, 0.4) is 0 Å². The van der Waals surface area contributed by atoms with E-state index < -0.39 is 11.0 Å². The summed E-state index contributed by atoms with van der Waals surface area (Å²) < 4.78 is 99.2. The van der Waals surface area contributed by atoms with Gasteiger partial charge in [-0.15, -0.1) is 58.0 Å². The molecule has 0 aromatic heterocycles. The highest BCUT2D eigenvalue weighted by molar-refractivity contribution is 6.18. The Morgan fingerprint density at radius 3 is 1.01 bits per heavy atom. The average molecular weight is 1080 g/mol. The molecule has 0 aliphatic heterocycles. The van der Waals surface area contributed by atoms with Gasteiger partial charge in [0.15, 0.2) is 0 Å². The number of ether oxygens (including phenoxy) is 17. The van der Waals surface area contributed by atoms with Gasteiger partial charge in [0.2, 0.25) is 0 Å². The van der Waals surface area contributed by atoms with Gasteiger partial charge in [-0.1, -0.05) is 13.8 Å². The van der Waals surface area contributed by atoms with Gasteiger partial charge in [-0.05, 0) is 13.8 Å². The Morgan fingerprint density at radius 1 is 0.299 bits per heavy atom. The number of hydrogen-bond acceptors (Lipinski definition) is 17. The van der Waals surface area contributed by atoms with E-state index in [-0.39, 0.29) is 38.1 Å². The van der Waals surface area contributed by atoms with Crippen LogP contribution in [-0.2, 0) is 80.5 Å². The summed E-state index contributed by atoms with van der Waals surface area (Å²) in [5.41, 5.74) is -1.09. The van der Waals surface area contributed by atoms with Gasteiger partial charge < -0.3 is 80.5 Å². The SMILES string of the molecule is CC(C)(CC(COCC(OCCOCCOCCCl)C(C)(C)COCCOCCOCCCl)OCCOCCOCCCl)OCC(COCCOCCOCCCl)OCCOCCOCCCl. The predicted molar refractivity (Wildman–Crippen MR) is 262 cm³/mol. The summed E-state index contributed by atoms with van der Waals surface area (Å²) >= 11 is 28.4. The maximum absolute atomic E-state index is 6.52. The van der Waals surface area contributed by atoms with Crippen LogP contribution in [0.1, 0.15) is 34.1 Å². The van der Waals surface area contributed by atoms with Crippen LogP contribution in [0.25, 0.3) is 0 Å². The van der Waals surface area contributed by atoms with E-state index in [1.165, 1.54) is 0 Å². The van der Waals surface area contributed by atoms with Crippen LogP contribution in [0.2, 0.25) is 0 Å². The fourth-order valence-electron chi connectivity index (χ4n) is 5.60. The number of hydrogen-bond donors (Lipinski definition) is 0. The largest absolute Gasteiger partial charge is 0.378 e. The third-order valence-electron chi connectivity index (χ3n) is 9.02.